The topological polar surface area (TPSA) is 119 Å². The summed E-state index contributed by atoms with van der Waals surface area (Å²) in [4.78, 5) is 33.4. The summed E-state index contributed by atoms with van der Waals surface area (Å²) in [6.45, 7) is 5.93. The fraction of sp³-hybridized carbons (Fsp3) is 0.219. The number of carbonyl (C=O) groups excluding carboxylic acids is 2. The molecule has 6 rings (SSSR count). The average molecular weight is 646 g/mol. The number of aliphatic hydroxyl groups excluding tert-OH is 1. The minimum absolute atomic E-state index is 0.146. The largest absolute Gasteiger partial charge is 0.505 e. The fourth-order valence-electron chi connectivity index (χ4n) is 5.26. The number of aliphatic hydroxyl groups is 1. The van der Waals surface area contributed by atoms with E-state index in [2.05, 4.69) is 15.2 Å². The second kappa shape index (κ2) is 12.3. The van der Waals surface area contributed by atoms with Gasteiger partial charge in [0.15, 0.2) is 21.6 Å². The maximum atomic E-state index is 14.2. The van der Waals surface area contributed by atoms with E-state index in [0.29, 0.717) is 50.7 Å². The van der Waals surface area contributed by atoms with Crippen LogP contribution in [0.3, 0.4) is 0 Å². The Hall–Kier alpha value is -4.75. The number of benzene rings is 2. The molecule has 1 amide bonds. The average Bonchev–Trinajstić information content (AvgIpc) is 3.72. The highest BCUT2D eigenvalue weighted by molar-refractivity contribution is 8.00. The summed E-state index contributed by atoms with van der Waals surface area (Å²) >= 11 is 2.35. The monoisotopic (exact) mass is 645 g/mol. The SMILES string of the molecule is CCOc1ccc(C2/C(=C(\O)c3nc4c(C)cccn4c3C)C(=O)C(=O)N2c2nnc(SCc3ccccc3F)s2)cc1OC. The van der Waals surface area contributed by atoms with Gasteiger partial charge >= 0.3 is 5.91 Å². The third-order valence-electron chi connectivity index (χ3n) is 7.47. The molecule has 3 aromatic heterocycles. The van der Waals surface area contributed by atoms with Gasteiger partial charge in [-0.05, 0) is 61.7 Å². The lowest BCUT2D eigenvalue weighted by Gasteiger charge is -2.23. The first kappa shape index (κ1) is 30.3. The molecule has 230 valence electrons. The smallest absolute Gasteiger partial charge is 0.301 e. The van der Waals surface area contributed by atoms with E-state index in [9.17, 15) is 19.1 Å². The highest BCUT2D eigenvalue weighted by Crippen LogP contribution is 2.46. The molecule has 1 aliphatic rings. The molecule has 0 spiro atoms. The number of fused-ring (bicyclic) bond motifs is 1. The number of aryl methyl sites for hydroxylation is 2. The first-order valence-corrected chi connectivity index (χ1v) is 15.8. The Morgan fingerprint density at radius 2 is 1.89 bits per heavy atom. The van der Waals surface area contributed by atoms with E-state index >= 15 is 0 Å². The summed E-state index contributed by atoms with van der Waals surface area (Å²) < 4.78 is 27.7. The molecule has 45 heavy (non-hydrogen) atoms. The van der Waals surface area contributed by atoms with Crippen molar-refractivity contribution in [2.75, 3.05) is 18.6 Å². The van der Waals surface area contributed by atoms with Crippen molar-refractivity contribution in [2.24, 2.45) is 0 Å². The predicted octanol–water partition coefficient (Wildman–Crippen LogP) is 6.27. The number of amides is 1. The number of hydrogen-bond donors (Lipinski definition) is 1. The zero-order valence-corrected chi connectivity index (χ0v) is 26.4. The predicted molar refractivity (Wildman–Crippen MR) is 169 cm³/mol. The van der Waals surface area contributed by atoms with Crippen LogP contribution in [0.5, 0.6) is 11.5 Å². The Morgan fingerprint density at radius 1 is 1.09 bits per heavy atom. The lowest BCUT2D eigenvalue weighted by molar-refractivity contribution is -0.132. The van der Waals surface area contributed by atoms with Crippen LogP contribution in [0.1, 0.15) is 41.0 Å². The van der Waals surface area contributed by atoms with E-state index in [4.69, 9.17) is 9.47 Å². The number of hydrogen-bond acceptors (Lipinski definition) is 10. The van der Waals surface area contributed by atoms with Gasteiger partial charge in [-0.2, -0.15) is 0 Å². The lowest BCUT2D eigenvalue weighted by atomic mass is 9.96. The van der Waals surface area contributed by atoms with Crippen LogP contribution in [-0.2, 0) is 15.3 Å². The summed E-state index contributed by atoms with van der Waals surface area (Å²) in [6.07, 6.45) is 1.82. The van der Waals surface area contributed by atoms with Crippen LogP contribution in [0.4, 0.5) is 9.52 Å². The van der Waals surface area contributed by atoms with Crippen molar-refractivity contribution in [1.29, 1.82) is 0 Å². The van der Waals surface area contributed by atoms with Gasteiger partial charge < -0.3 is 19.0 Å². The number of imidazole rings is 1. The summed E-state index contributed by atoms with van der Waals surface area (Å²) in [6, 6.07) is 14.2. The molecule has 1 saturated heterocycles. The van der Waals surface area contributed by atoms with Crippen LogP contribution in [0.2, 0.25) is 0 Å². The molecular weight excluding hydrogens is 618 g/mol. The molecule has 2 aromatic carbocycles. The number of Topliss-reactive ketones (excluding diaryl/α,β-unsaturated/α-hetero) is 1. The van der Waals surface area contributed by atoms with Gasteiger partial charge in [0.1, 0.15) is 17.2 Å². The summed E-state index contributed by atoms with van der Waals surface area (Å²) in [5.41, 5.74) is 3.11. The number of nitrogens with zero attached hydrogens (tertiary/aromatic N) is 5. The van der Waals surface area contributed by atoms with Gasteiger partial charge in [-0.3, -0.25) is 14.5 Å². The number of halogens is 1. The molecule has 1 fully saturated rings. The van der Waals surface area contributed by atoms with E-state index in [1.54, 1.807) is 43.3 Å². The normalized spacial score (nSPS) is 16.1. The Morgan fingerprint density at radius 3 is 2.62 bits per heavy atom. The molecule has 1 atom stereocenters. The van der Waals surface area contributed by atoms with Crippen molar-refractivity contribution in [3.63, 3.8) is 0 Å². The van der Waals surface area contributed by atoms with Gasteiger partial charge in [-0.15, -0.1) is 10.2 Å². The van der Waals surface area contributed by atoms with Crippen LogP contribution in [-0.4, -0.2) is 50.1 Å². The number of methoxy groups -OCH3 is 1. The number of aromatic nitrogens is 4. The lowest BCUT2D eigenvalue weighted by Crippen LogP contribution is -2.29. The molecule has 0 aliphatic carbocycles. The maximum Gasteiger partial charge on any atom is 0.301 e. The van der Waals surface area contributed by atoms with Crippen LogP contribution >= 0.6 is 23.1 Å². The number of anilines is 1. The third-order valence-corrected chi connectivity index (χ3v) is 9.57. The number of rotatable bonds is 9. The summed E-state index contributed by atoms with van der Waals surface area (Å²) in [5.74, 6) is -1.35. The highest BCUT2D eigenvalue weighted by Gasteiger charge is 2.49. The molecule has 10 nitrogen and oxygen atoms in total. The van der Waals surface area contributed by atoms with Crippen molar-refractivity contribution in [2.45, 2.75) is 36.9 Å². The molecule has 1 N–H and O–H groups in total. The second-order valence-electron chi connectivity index (χ2n) is 10.2. The van der Waals surface area contributed by atoms with Crippen LogP contribution in [0, 0.1) is 19.7 Å². The van der Waals surface area contributed by atoms with Crippen LogP contribution < -0.4 is 14.4 Å². The van der Waals surface area contributed by atoms with Crippen molar-refractivity contribution in [3.05, 3.63) is 100 Å². The van der Waals surface area contributed by atoms with E-state index in [1.807, 2.05) is 36.6 Å². The number of ether oxygens (including phenoxy) is 2. The minimum atomic E-state index is -1.09. The Balaban J connectivity index is 1.47. The first-order chi connectivity index (χ1) is 21.7. The molecule has 0 saturated carbocycles. The van der Waals surface area contributed by atoms with Crippen LogP contribution in [0.25, 0.3) is 11.4 Å². The van der Waals surface area contributed by atoms with Gasteiger partial charge in [0.05, 0.1) is 31.0 Å². The molecule has 4 heterocycles. The van der Waals surface area contributed by atoms with E-state index in [0.717, 1.165) is 16.9 Å². The zero-order valence-electron chi connectivity index (χ0n) is 24.8. The molecule has 0 radical (unpaired) electrons. The van der Waals surface area contributed by atoms with E-state index < -0.39 is 23.5 Å². The molecule has 0 bridgehead atoms. The van der Waals surface area contributed by atoms with Gasteiger partial charge in [0.2, 0.25) is 5.13 Å². The Labute approximate surface area is 266 Å². The van der Waals surface area contributed by atoms with Gasteiger partial charge in [0.25, 0.3) is 5.78 Å². The summed E-state index contributed by atoms with van der Waals surface area (Å²) in [7, 11) is 1.49. The molecular formula is C32H28FN5O5S2. The maximum absolute atomic E-state index is 14.2. The van der Waals surface area contributed by atoms with Crippen molar-refractivity contribution >= 4 is 51.3 Å². The standard InChI is InChI=1S/C32H28FN5O5S2/c1-5-43-22-13-12-19(15-23(22)42-4)26-24(27(39)25-18(3)37-14-8-9-17(2)29(37)34-25)28(40)30(41)38(26)31-35-36-32(45-31)44-16-20-10-6-7-11-21(20)33/h6-15,26,39H,5,16H2,1-4H3/b27-24+. The fourth-order valence-corrected chi connectivity index (χ4v) is 7.12. The quantitative estimate of drug-likeness (QED) is 0.0651. The molecule has 1 unspecified atom stereocenters. The third kappa shape index (κ3) is 5.42. The minimum Gasteiger partial charge on any atom is -0.505 e. The first-order valence-electron chi connectivity index (χ1n) is 14.0. The highest BCUT2D eigenvalue weighted by atomic mass is 32.2. The number of thioether (sulfide) groups is 1. The van der Waals surface area contributed by atoms with E-state index in [-0.39, 0.29) is 22.2 Å². The Kier molecular flexibility index (Phi) is 8.30. The van der Waals surface area contributed by atoms with Crippen molar-refractivity contribution < 1.29 is 28.6 Å². The number of ketones is 1. The van der Waals surface area contributed by atoms with Gasteiger partial charge in [-0.25, -0.2) is 9.37 Å². The molecule has 5 aromatic rings. The molecule has 1 aliphatic heterocycles. The number of pyridine rings is 1. The van der Waals surface area contributed by atoms with Gasteiger partial charge in [0, 0.05) is 11.9 Å². The van der Waals surface area contributed by atoms with Crippen molar-refractivity contribution in [3.8, 4) is 11.5 Å². The Bertz CT molecular complexity index is 1990. The molecule has 13 heteroatoms. The zero-order chi connectivity index (χ0) is 31.8. The number of carbonyl (C=O) groups is 2. The van der Waals surface area contributed by atoms with E-state index in [1.165, 1.54) is 29.8 Å². The van der Waals surface area contributed by atoms with Crippen molar-refractivity contribution in [1.82, 2.24) is 19.6 Å². The van der Waals surface area contributed by atoms with Gasteiger partial charge in [-0.1, -0.05) is 53.4 Å². The van der Waals surface area contributed by atoms with Crippen LogP contribution in [0.15, 0.2) is 70.7 Å². The second-order valence-corrected chi connectivity index (χ2v) is 12.4. The summed E-state index contributed by atoms with van der Waals surface area (Å²) in [5, 5.41) is 20.4.